The second-order valence-electron chi connectivity index (χ2n) is 6.33. The van der Waals surface area contributed by atoms with E-state index in [4.69, 9.17) is 0 Å². The third-order valence-electron chi connectivity index (χ3n) is 4.75. The highest BCUT2D eigenvalue weighted by atomic mass is 16.2. The van der Waals surface area contributed by atoms with Crippen LogP contribution in [-0.4, -0.2) is 52.5 Å². The molecule has 132 valence electrons. The van der Waals surface area contributed by atoms with Crippen molar-refractivity contribution in [3.8, 4) is 0 Å². The topological polar surface area (TPSA) is 58.4 Å². The van der Waals surface area contributed by atoms with Crippen LogP contribution in [0.15, 0.2) is 42.7 Å². The minimum absolute atomic E-state index is 0.0752. The molecule has 1 fully saturated rings. The molecule has 1 amide bonds. The summed E-state index contributed by atoms with van der Waals surface area (Å²) in [7, 11) is 0. The predicted octanol–water partition coefficient (Wildman–Crippen LogP) is 2.39. The maximum atomic E-state index is 12.8. The average Bonchev–Trinajstić information content (AvgIpc) is 3.17. The molecule has 1 aliphatic rings. The summed E-state index contributed by atoms with van der Waals surface area (Å²) in [6.07, 6.45) is 4.28. The van der Waals surface area contributed by atoms with Crippen molar-refractivity contribution in [2.24, 2.45) is 0 Å². The van der Waals surface area contributed by atoms with Gasteiger partial charge in [-0.1, -0.05) is 6.92 Å². The number of rotatable bonds is 5. The largest absolute Gasteiger partial charge is 0.368 e. The van der Waals surface area contributed by atoms with E-state index >= 15 is 0 Å². The van der Waals surface area contributed by atoms with Crippen LogP contribution >= 0.6 is 0 Å². The standard InChI is InChI=1S/C19H24N4O2/c1-3-18(23-10-4-9-20-23)19(25)22-13-11-21(12-14-22)17-7-5-16(6-8-17)15(2)24/h4-10,18H,3,11-14H2,1-2H3. The summed E-state index contributed by atoms with van der Waals surface area (Å²) in [5.74, 6) is 0.212. The first kappa shape index (κ1) is 17.2. The number of aromatic nitrogens is 2. The Morgan fingerprint density at radius 2 is 1.80 bits per heavy atom. The molecule has 3 rings (SSSR count). The van der Waals surface area contributed by atoms with Gasteiger partial charge in [0.25, 0.3) is 0 Å². The van der Waals surface area contributed by atoms with Crippen molar-refractivity contribution < 1.29 is 9.59 Å². The molecule has 0 spiro atoms. The van der Waals surface area contributed by atoms with Gasteiger partial charge in [0.2, 0.25) is 5.91 Å². The lowest BCUT2D eigenvalue weighted by Gasteiger charge is -2.37. The molecular weight excluding hydrogens is 316 g/mol. The number of hydrogen-bond donors (Lipinski definition) is 0. The Morgan fingerprint density at radius 3 is 2.32 bits per heavy atom. The van der Waals surface area contributed by atoms with Crippen molar-refractivity contribution in [1.29, 1.82) is 0 Å². The molecule has 0 saturated carbocycles. The fraction of sp³-hybridized carbons (Fsp3) is 0.421. The number of benzene rings is 1. The first-order valence-corrected chi connectivity index (χ1v) is 8.74. The van der Waals surface area contributed by atoms with Crippen molar-refractivity contribution in [3.05, 3.63) is 48.3 Å². The van der Waals surface area contributed by atoms with Gasteiger partial charge in [0.1, 0.15) is 6.04 Å². The van der Waals surface area contributed by atoms with Crippen molar-refractivity contribution in [1.82, 2.24) is 14.7 Å². The van der Waals surface area contributed by atoms with E-state index in [2.05, 4.69) is 10.00 Å². The quantitative estimate of drug-likeness (QED) is 0.784. The lowest BCUT2D eigenvalue weighted by atomic mass is 10.1. The van der Waals surface area contributed by atoms with Gasteiger partial charge in [0.05, 0.1) is 0 Å². The van der Waals surface area contributed by atoms with E-state index in [1.807, 2.05) is 48.4 Å². The minimum atomic E-state index is -0.226. The van der Waals surface area contributed by atoms with Gasteiger partial charge in [-0.3, -0.25) is 14.3 Å². The Morgan fingerprint density at radius 1 is 1.12 bits per heavy atom. The Kier molecular flexibility index (Phi) is 5.16. The van der Waals surface area contributed by atoms with Crippen molar-refractivity contribution in [2.45, 2.75) is 26.3 Å². The second-order valence-corrected chi connectivity index (χ2v) is 6.33. The number of amides is 1. The molecule has 0 aliphatic carbocycles. The zero-order chi connectivity index (χ0) is 17.8. The number of carbonyl (C=O) groups is 2. The Labute approximate surface area is 148 Å². The molecule has 2 heterocycles. The van der Waals surface area contributed by atoms with Gasteiger partial charge in [0, 0.05) is 49.8 Å². The lowest BCUT2D eigenvalue weighted by Crippen LogP contribution is -2.50. The number of piperazine rings is 1. The normalized spacial score (nSPS) is 15.9. The van der Waals surface area contributed by atoms with Crippen LogP contribution in [0.4, 0.5) is 5.69 Å². The smallest absolute Gasteiger partial charge is 0.247 e. The maximum absolute atomic E-state index is 12.8. The van der Waals surface area contributed by atoms with E-state index in [1.54, 1.807) is 17.8 Å². The molecule has 1 atom stereocenters. The first-order valence-electron chi connectivity index (χ1n) is 8.74. The molecule has 1 aromatic heterocycles. The van der Waals surface area contributed by atoms with Gasteiger partial charge in [-0.25, -0.2) is 0 Å². The lowest BCUT2D eigenvalue weighted by molar-refractivity contribution is -0.135. The van der Waals surface area contributed by atoms with Crippen LogP contribution in [0.5, 0.6) is 0 Å². The summed E-state index contributed by atoms with van der Waals surface area (Å²) in [4.78, 5) is 28.4. The number of carbonyl (C=O) groups excluding carboxylic acids is 2. The molecule has 0 radical (unpaired) electrons. The molecule has 0 N–H and O–H groups in total. The van der Waals surface area contributed by atoms with Crippen LogP contribution in [0.3, 0.4) is 0 Å². The average molecular weight is 340 g/mol. The second kappa shape index (κ2) is 7.51. The maximum Gasteiger partial charge on any atom is 0.247 e. The Hall–Kier alpha value is -2.63. The van der Waals surface area contributed by atoms with Gasteiger partial charge >= 0.3 is 0 Å². The summed E-state index contributed by atoms with van der Waals surface area (Å²) in [5.41, 5.74) is 1.82. The molecule has 1 saturated heterocycles. The van der Waals surface area contributed by atoms with Crippen LogP contribution in [0, 0.1) is 0 Å². The number of nitrogens with zero attached hydrogens (tertiary/aromatic N) is 4. The Bertz CT molecular complexity index is 716. The molecule has 0 bridgehead atoms. The highest BCUT2D eigenvalue weighted by Crippen LogP contribution is 2.20. The fourth-order valence-corrected chi connectivity index (χ4v) is 3.24. The number of Topliss-reactive ketones (excluding diaryl/α,β-unsaturated/α-hetero) is 1. The zero-order valence-electron chi connectivity index (χ0n) is 14.8. The van der Waals surface area contributed by atoms with Gasteiger partial charge in [-0.2, -0.15) is 5.10 Å². The molecule has 1 unspecified atom stereocenters. The molecule has 2 aromatic rings. The molecule has 25 heavy (non-hydrogen) atoms. The van der Waals surface area contributed by atoms with E-state index in [0.29, 0.717) is 13.1 Å². The van der Waals surface area contributed by atoms with E-state index in [1.165, 1.54) is 0 Å². The highest BCUT2D eigenvalue weighted by Gasteiger charge is 2.27. The highest BCUT2D eigenvalue weighted by molar-refractivity contribution is 5.94. The van der Waals surface area contributed by atoms with Gasteiger partial charge < -0.3 is 9.80 Å². The van der Waals surface area contributed by atoms with Crippen molar-refractivity contribution >= 4 is 17.4 Å². The minimum Gasteiger partial charge on any atom is -0.368 e. The number of anilines is 1. The van der Waals surface area contributed by atoms with Crippen LogP contribution < -0.4 is 4.90 Å². The van der Waals surface area contributed by atoms with Crippen LogP contribution in [-0.2, 0) is 4.79 Å². The molecule has 1 aromatic carbocycles. The SMILES string of the molecule is CCC(C(=O)N1CCN(c2ccc(C(C)=O)cc2)CC1)n1cccn1. The summed E-state index contributed by atoms with van der Waals surface area (Å²) < 4.78 is 1.75. The van der Waals surface area contributed by atoms with Gasteiger partial charge in [-0.15, -0.1) is 0 Å². The van der Waals surface area contributed by atoms with Gasteiger partial charge in [-0.05, 0) is 43.7 Å². The predicted molar refractivity (Wildman–Crippen MR) is 96.8 cm³/mol. The monoisotopic (exact) mass is 340 g/mol. The zero-order valence-corrected chi connectivity index (χ0v) is 14.8. The first-order chi connectivity index (χ1) is 12.1. The van der Waals surface area contributed by atoms with Crippen molar-refractivity contribution in [2.75, 3.05) is 31.1 Å². The summed E-state index contributed by atoms with van der Waals surface area (Å²) in [6, 6.07) is 9.30. The molecule has 6 heteroatoms. The molecule has 1 aliphatic heterocycles. The van der Waals surface area contributed by atoms with E-state index in [-0.39, 0.29) is 17.7 Å². The van der Waals surface area contributed by atoms with E-state index in [9.17, 15) is 9.59 Å². The Balaban J connectivity index is 1.61. The molecule has 6 nitrogen and oxygen atoms in total. The number of ketones is 1. The fourth-order valence-electron chi connectivity index (χ4n) is 3.24. The van der Waals surface area contributed by atoms with E-state index in [0.717, 1.165) is 30.8 Å². The summed E-state index contributed by atoms with van der Waals surface area (Å²) in [5, 5.41) is 4.22. The molecular formula is C19H24N4O2. The van der Waals surface area contributed by atoms with Crippen LogP contribution in [0.1, 0.15) is 36.7 Å². The van der Waals surface area contributed by atoms with Gasteiger partial charge in [0.15, 0.2) is 5.78 Å². The number of hydrogen-bond acceptors (Lipinski definition) is 4. The van der Waals surface area contributed by atoms with Crippen molar-refractivity contribution in [3.63, 3.8) is 0 Å². The van der Waals surface area contributed by atoms with Crippen LogP contribution in [0.25, 0.3) is 0 Å². The third-order valence-corrected chi connectivity index (χ3v) is 4.75. The summed E-state index contributed by atoms with van der Waals surface area (Å²) >= 11 is 0. The van der Waals surface area contributed by atoms with Crippen LogP contribution in [0.2, 0.25) is 0 Å². The van der Waals surface area contributed by atoms with E-state index < -0.39 is 0 Å². The third kappa shape index (κ3) is 3.73. The summed E-state index contributed by atoms with van der Waals surface area (Å²) in [6.45, 7) is 6.57.